The summed E-state index contributed by atoms with van der Waals surface area (Å²) in [6.45, 7) is 7.18. The minimum Gasteiger partial charge on any atom is -0.334 e. The molecule has 2 heterocycles. The van der Waals surface area contributed by atoms with Crippen molar-refractivity contribution in [2.75, 3.05) is 32.7 Å². The highest BCUT2D eigenvalue weighted by atomic mass is 35.5. The van der Waals surface area contributed by atoms with Gasteiger partial charge in [0, 0.05) is 25.2 Å². The highest BCUT2D eigenvalue weighted by Crippen LogP contribution is 2.30. The molecule has 3 fully saturated rings. The summed E-state index contributed by atoms with van der Waals surface area (Å²) in [5, 5.41) is 3.35. The summed E-state index contributed by atoms with van der Waals surface area (Å²) in [4.78, 5) is 17.2. The fourth-order valence-electron chi connectivity index (χ4n) is 3.64. The molecule has 4 nitrogen and oxygen atoms in total. The van der Waals surface area contributed by atoms with Crippen molar-refractivity contribution in [2.24, 2.45) is 5.92 Å². The molecular formula is C15H29Cl2N3O. The van der Waals surface area contributed by atoms with Gasteiger partial charge in [-0.05, 0) is 51.1 Å². The van der Waals surface area contributed by atoms with Gasteiger partial charge in [0.25, 0.3) is 0 Å². The van der Waals surface area contributed by atoms with Gasteiger partial charge in [-0.25, -0.2) is 0 Å². The Labute approximate surface area is 140 Å². The molecule has 2 saturated heterocycles. The highest BCUT2D eigenvalue weighted by molar-refractivity contribution is 5.85. The number of rotatable bonds is 5. The zero-order chi connectivity index (χ0) is 13.2. The zero-order valence-electron chi connectivity index (χ0n) is 12.9. The first-order valence-corrected chi connectivity index (χ1v) is 8.02. The van der Waals surface area contributed by atoms with Crippen LogP contribution in [0.1, 0.15) is 39.0 Å². The number of hydrogen-bond donors (Lipinski definition) is 1. The summed E-state index contributed by atoms with van der Waals surface area (Å²) in [5.41, 5.74) is 0. The lowest BCUT2D eigenvalue weighted by Gasteiger charge is -2.29. The predicted octanol–water partition coefficient (Wildman–Crippen LogP) is 1.91. The normalized spacial score (nSPS) is 28.5. The van der Waals surface area contributed by atoms with Gasteiger partial charge in [0.1, 0.15) is 0 Å². The Bertz CT molecular complexity index is 339. The standard InChI is InChI=1S/C15H27N3O.2ClH/c1-2-17-8-7-13-5-6-14(11-17)18(13)15(19)10-16-9-12-3-4-12;;/h12-14,16H,2-11H2,1H3;2*1H. The molecule has 3 rings (SSSR count). The third-order valence-electron chi connectivity index (χ3n) is 5.01. The van der Waals surface area contributed by atoms with E-state index in [0.29, 0.717) is 24.5 Å². The molecule has 1 amide bonds. The van der Waals surface area contributed by atoms with Crippen molar-refractivity contribution in [2.45, 2.75) is 51.1 Å². The number of carbonyl (C=O) groups is 1. The SMILES string of the molecule is CCN1CCC2CCC(C1)N2C(=O)CNCC1CC1.Cl.Cl. The lowest BCUT2D eigenvalue weighted by molar-refractivity contribution is -0.132. The molecule has 0 aromatic heterocycles. The molecule has 1 saturated carbocycles. The number of nitrogens with zero attached hydrogens (tertiary/aromatic N) is 2. The van der Waals surface area contributed by atoms with Crippen molar-refractivity contribution in [1.29, 1.82) is 0 Å². The molecule has 3 aliphatic rings. The van der Waals surface area contributed by atoms with Crippen LogP contribution in [0.25, 0.3) is 0 Å². The molecule has 124 valence electrons. The summed E-state index contributed by atoms with van der Waals surface area (Å²) in [7, 11) is 0. The van der Waals surface area contributed by atoms with E-state index >= 15 is 0 Å². The van der Waals surface area contributed by atoms with E-state index in [1.54, 1.807) is 0 Å². The Morgan fingerprint density at radius 1 is 1.10 bits per heavy atom. The van der Waals surface area contributed by atoms with E-state index in [9.17, 15) is 4.79 Å². The fourth-order valence-corrected chi connectivity index (χ4v) is 3.64. The quantitative estimate of drug-likeness (QED) is 0.832. The molecule has 1 aliphatic carbocycles. The molecule has 6 heteroatoms. The fraction of sp³-hybridized carbons (Fsp3) is 0.933. The van der Waals surface area contributed by atoms with Crippen LogP contribution in [0.5, 0.6) is 0 Å². The van der Waals surface area contributed by atoms with Crippen LogP contribution in [0.15, 0.2) is 0 Å². The van der Waals surface area contributed by atoms with Gasteiger partial charge in [-0.1, -0.05) is 6.92 Å². The minimum absolute atomic E-state index is 0. The Balaban J connectivity index is 0.00000110. The molecule has 21 heavy (non-hydrogen) atoms. The van der Waals surface area contributed by atoms with E-state index in [1.807, 2.05) is 0 Å². The lowest BCUT2D eigenvalue weighted by atomic mass is 10.1. The number of amides is 1. The topological polar surface area (TPSA) is 35.6 Å². The number of likely N-dealkylation sites (N-methyl/N-ethyl adjacent to an activating group) is 1. The third-order valence-corrected chi connectivity index (χ3v) is 5.01. The van der Waals surface area contributed by atoms with E-state index in [4.69, 9.17) is 0 Å². The number of nitrogens with one attached hydrogen (secondary N) is 1. The zero-order valence-corrected chi connectivity index (χ0v) is 14.6. The van der Waals surface area contributed by atoms with E-state index in [2.05, 4.69) is 22.0 Å². The largest absolute Gasteiger partial charge is 0.334 e. The molecule has 0 radical (unpaired) electrons. The number of hydrogen-bond acceptors (Lipinski definition) is 3. The van der Waals surface area contributed by atoms with Crippen molar-refractivity contribution < 1.29 is 4.79 Å². The summed E-state index contributed by atoms with van der Waals surface area (Å²) < 4.78 is 0. The molecule has 2 bridgehead atoms. The van der Waals surface area contributed by atoms with Gasteiger partial charge in [-0.2, -0.15) is 0 Å². The second-order valence-electron chi connectivity index (χ2n) is 6.44. The Morgan fingerprint density at radius 2 is 1.81 bits per heavy atom. The third kappa shape index (κ3) is 4.72. The monoisotopic (exact) mass is 337 g/mol. The van der Waals surface area contributed by atoms with Crippen LogP contribution in [0.4, 0.5) is 0 Å². The summed E-state index contributed by atoms with van der Waals surface area (Å²) in [6, 6.07) is 0.986. The van der Waals surface area contributed by atoms with E-state index < -0.39 is 0 Å². The average molecular weight is 338 g/mol. The second kappa shape index (κ2) is 8.56. The first kappa shape index (κ1) is 19.0. The van der Waals surface area contributed by atoms with Gasteiger partial charge >= 0.3 is 0 Å². The molecule has 2 unspecified atom stereocenters. The van der Waals surface area contributed by atoms with E-state index in [1.165, 1.54) is 32.1 Å². The Kier molecular flexibility index (Phi) is 7.75. The van der Waals surface area contributed by atoms with Crippen LogP contribution in [0, 0.1) is 5.92 Å². The summed E-state index contributed by atoms with van der Waals surface area (Å²) >= 11 is 0. The lowest BCUT2D eigenvalue weighted by Crippen LogP contribution is -2.46. The van der Waals surface area contributed by atoms with Gasteiger partial charge in [-0.15, -0.1) is 24.8 Å². The predicted molar refractivity (Wildman–Crippen MR) is 90.5 cm³/mol. The van der Waals surface area contributed by atoms with Crippen LogP contribution in [-0.4, -0.2) is 60.5 Å². The van der Waals surface area contributed by atoms with Gasteiger partial charge in [-0.3, -0.25) is 4.79 Å². The van der Waals surface area contributed by atoms with Crippen LogP contribution in [0.3, 0.4) is 0 Å². The van der Waals surface area contributed by atoms with Crippen molar-refractivity contribution >= 4 is 30.7 Å². The van der Waals surface area contributed by atoms with Crippen LogP contribution in [-0.2, 0) is 4.79 Å². The first-order chi connectivity index (χ1) is 9.28. The van der Waals surface area contributed by atoms with Crippen molar-refractivity contribution in [1.82, 2.24) is 15.1 Å². The van der Waals surface area contributed by atoms with Gasteiger partial charge in [0.05, 0.1) is 6.54 Å². The molecular weight excluding hydrogens is 309 g/mol. The molecule has 0 aromatic carbocycles. The number of halogens is 2. The second-order valence-corrected chi connectivity index (χ2v) is 6.44. The first-order valence-electron chi connectivity index (χ1n) is 8.02. The molecule has 0 spiro atoms. The summed E-state index contributed by atoms with van der Waals surface area (Å²) in [6.07, 6.45) is 6.29. The number of carbonyl (C=O) groups excluding carboxylic acids is 1. The number of likely N-dealkylation sites (tertiary alicyclic amines) is 1. The maximum Gasteiger partial charge on any atom is 0.237 e. The van der Waals surface area contributed by atoms with Crippen LogP contribution >= 0.6 is 24.8 Å². The Hall–Kier alpha value is -0.0300. The maximum absolute atomic E-state index is 12.5. The minimum atomic E-state index is 0. The van der Waals surface area contributed by atoms with E-state index in [-0.39, 0.29) is 24.8 Å². The van der Waals surface area contributed by atoms with Gasteiger partial charge in [0.2, 0.25) is 5.91 Å². The van der Waals surface area contributed by atoms with Crippen molar-refractivity contribution in [3.05, 3.63) is 0 Å². The average Bonchev–Trinajstić information content (AvgIpc) is 3.14. The van der Waals surface area contributed by atoms with Gasteiger partial charge in [0.15, 0.2) is 0 Å². The highest BCUT2D eigenvalue weighted by Gasteiger charge is 2.39. The van der Waals surface area contributed by atoms with E-state index in [0.717, 1.165) is 32.1 Å². The van der Waals surface area contributed by atoms with Gasteiger partial charge < -0.3 is 15.1 Å². The smallest absolute Gasteiger partial charge is 0.237 e. The maximum atomic E-state index is 12.5. The Morgan fingerprint density at radius 3 is 2.48 bits per heavy atom. The molecule has 1 N–H and O–H groups in total. The van der Waals surface area contributed by atoms with Crippen molar-refractivity contribution in [3.63, 3.8) is 0 Å². The van der Waals surface area contributed by atoms with Crippen LogP contribution < -0.4 is 5.32 Å². The van der Waals surface area contributed by atoms with Crippen LogP contribution in [0.2, 0.25) is 0 Å². The molecule has 2 atom stereocenters. The molecule has 2 aliphatic heterocycles. The number of fused-ring (bicyclic) bond motifs is 2. The molecule has 0 aromatic rings. The summed E-state index contributed by atoms with van der Waals surface area (Å²) in [5.74, 6) is 1.19. The van der Waals surface area contributed by atoms with Crippen molar-refractivity contribution in [3.8, 4) is 0 Å².